The molecular formula is C26H48N4O3. The molecule has 7 heteroatoms. The Morgan fingerprint density at radius 1 is 1.15 bits per heavy atom. The average molecular weight is 465 g/mol. The van der Waals surface area contributed by atoms with Gasteiger partial charge in [0.2, 0.25) is 5.91 Å². The highest BCUT2D eigenvalue weighted by Crippen LogP contribution is 2.30. The molecule has 33 heavy (non-hydrogen) atoms. The maximum Gasteiger partial charge on any atom is 0.226 e. The number of aliphatic hydroxyl groups excluding tert-OH is 1. The topological polar surface area (TPSA) is 94.7 Å². The molecule has 0 aromatic rings. The van der Waals surface area contributed by atoms with Crippen LogP contribution < -0.4 is 0 Å². The number of allylic oxidation sites excluding steroid dienone is 3. The van der Waals surface area contributed by atoms with Crippen molar-refractivity contribution in [2.45, 2.75) is 101 Å². The molecule has 1 N–H and O–H groups in total. The first-order chi connectivity index (χ1) is 15.3. The van der Waals surface area contributed by atoms with E-state index in [2.05, 4.69) is 29.1 Å². The maximum atomic E-state index is 12.3. The second-order valence-electron chi connectivity index (χ2n) is 9.23. The highest BCUT2D eigenvalue weighted by atomic mass is 16.3. The Hall–Kier alpha value is -2.15. The zero-order chi connectivity index (χ0) is 26.2. The lowest BCUT2D eigenvalue weighted by Crippen LogP contribution is -2.45. The van der Waals surface area contributed by atoms with Crippen molar-refractivity contribution < 1.29 is 14.7 Å². The minimum atomic E-state index is -0.569. The molecule has 1 saturated heterocycles. The Morgan fingerprint density at radius 2 is 1.73 bits per heavy atom. The highest BCUT2D eigenvalue weighted by Gasteiger charge is 2.40. The molecule has 3 atom stereocenters. The fraction of sp³-hybridized carbons (Fsp3) is 0.731. The molecule has 1 rings (SSSR count). The van der Waals surface area contributed by atoms with Crippen LogP contribution in [0.15, 0.2) is 39.3 Å². The molecule has 0 saturated carbocycles. The minimum absolute atomic E-state index is 0.0331. The predicted molar refractivity (Wildman–Crippen MR) is 138 cm³/mol. The van der Waals surface area contributed by atoms with E-state index in [1.165, 1.54) is 12.6 Å². The summed E-state index contributed by atoms with van der Waals surface area (Å²) in [5, 5.41) is 17.1. The molecule has 1 fully saturated rings. The van der Waals surface area contributed by atoms with Gasteiger partial charge in [-0.3, -0.25) is 14.6 Å². The van der Waals surface area contributed by atoms with Crippen LogP contribution in [0, 0.1) is 11.3 Å². The summed E-state index contributed by atoms with van der Waals surface area (Å²) in [5.41, 5.74) is 2.10. The largest absolute Gasteiger partial charge is 0.391 e. The molecule has 0 aromatic heterocycles. The number of aliphatic hydroxyl groups is 1. The van der Waals surface area contributed by atoms with E-state index < -0.39 is 12.1 Å². The summed E-state index contributed by atoms with van der Waals surface area (Å²) in [7, 11) is 1.68. The van der Waals surface area contributed by atoms with Crippen LogP contribution in [0.1, 0.15) is 88.5 Å². The Balaban J connectivity index is 0. The van der Waals surface area contributed by atoms with Crippen LogP contribution in [0.2, 0.25) is 0 Å². The summed E-state index contributed by atoms with van der Waals surface area (Å²) in [5.74, 6) is -0.236. The minimum Gasteiger partial charge on any atom is -0.391 e. The fourth-order valence-corrected chi connectivity index (χ4v) is 2.82. The monoisotopic (exact) mass is 464 g/mol. The van der Waals surface area contributed by atoms with Crippen molar-refractivity contribution >= 4 is 17.4 Å². The first-order valence-corrected chi connectivity index (χ1v) is 11.9. The Bertz CT molecular complexity index is 700. The lowest BCUT2D eigenvalue weighted by molar-refractivity contribution is -0.142. The number of carbonyl (C=O) groups is 2. The first kappa shape index (κ1) is 33.0. The van der Waals surface area contributed by atoms with Gasteiger partial charge in [0.1, 0.15) is 0 Å². The molecule has 0 radical (unpaired) electrons. The second kappa shape index (κ2) is 17.3. The quantitative estimate of drug-likeness (QED) is 0.386. The molecule has 0 spiro atoms. The number of hydrogen-bond acceptors (Lipinski definition) is 6. The summed E-state index contributed by atoms with van der Waals surface area (Å²) in [6.45, 7) is 19.8. The standard InChI is InChI=1S/C13H23NO3.C7H13N.C6H12N2/c1-8(13(3,4)5)12(17)14-7-10(16)6-11(14)9(2)15;1-4-6-8-7(3)5-2;1-4-6(5-2)8-7-3/h8,10-11,16H,6-7H2,1-5H3;4,6H,5H2,1-3H3;4H,5H2,1-3H3/b;2*6-4-,8-7?/t8-,10-,11+;;/m1../s1. The second-order valence-corrected chi connectivity index (χ2v) is 9.23. The van der Waals surface area contributed by atoms with Crippen LogP contribution in [0.5, 0.6) is 0 Å². The molecule has 0 bridgehead atoms. The van der Waals surface area contributed by atoms with E-state index in [0.29, 0.717) is 6.42 Å². The van der Waals surface area contributed by atoms with Gasteiger partial charge in [0, 0.05) is 37.8 Å². The van der Waals surface area contributed by atoms with Gasteiger partial charge in [-0.15, -0.1) is 0 Å². The molecule has 1 aliphatic heterocycles. The van der Waals surface area contributed by atoms with Crippen LogP contribution >= 0.6 is 0 Å². The van der Waals surface area contributed by atoms with Crippen molar-refractivity contribution in [1.82, 2.24) is 4.90 Å². The third-order valence-electron chi connectivity index (χ3n) is 5.58. The Labute approximate surface area is 202 Å². The normalized spacial score (nSPS) is 20.3. The van der Waals surface area contributed by atoms with Crippen molar-refractivity contribution in [3.05, 3.63) is 24.0 Å². The van der Waals surface area contributed by atoms with Gasteiger partial charge in [-0.2, -0.15) is 10.2 Å². The average Bonchev–Trinajstić information content (AvgIpc) is 3.17. The van der Waals surface area contributed by atoms with Gasteiger partial charge in [0.25, 0.3) is 0 Å². The summed E-state index contributed by atoms with van der Waals surface area (Å²) >= 11 is 0. The SMILES string of the molecule is C/C=C(/CC)N=NC.C/C=C\N=C(C)CC.CC(=O)[C@@H]1C[C@@H](O)CN1C(=O)[C@@H](C)C(C)(C)C. The van der Waals surface area contributed by atoms with E-state index >= 15 is 0 Å². The smallest absolute Gasteiger partial charge is 0.226 e. The van der Waals surface area contributed by atoms with Crippen molar-refractivity contribution in [1.29, 1.82) is 0 Å². The van der Waals surface area contributed by atoms with E-state index in [0.717, 1.165) is 18.5 Å². The van der Waals surface area contributed by atoms with Gasteiger partial charge in [0.15, 0.2) is 5.78 Å². The number of ketones is 1. The van der Waals surface area contributed by atoms with Crippen molar-refractivity contribution in [3.8, 4) is 0 Å². The summed E-state index contributed by atoms with van der Waals surface area (Å²) in [6.07, 6.45) is 7.53. The number of aliphatic imine (C=N–C) groups is 1. The number of carbonyl (C=O) groups excluding carboxylic acids is 2. The van der Waals surface area contributed by atoms with Gasteiger partial charge in [-0.25, -0.2) is 0 Å². The Kier molecular flexibility index (Phi) is 17.4. The summed E-state index contributed by atoms with van der Waals surface area (Å²) in [6, 6.07) is -0.442. The zero-order valence-electron chi connectivity index (χ0n) is 22.8. The number of Topliss-reactive ketones (excluding diaryl/α,β-unsaturated/α-hetero) is 1. The van der Waals surface area contributed by atoms with E-state index in [-0.39, 0.29) is 29.6 Å². The van der Waals surface area contributed by atoms with Crippen LogP contribution in [0.25, 0.3) is 0 Å². The predicted octanol–water partition coefficient (Wildman–Crippen LogP) is 5.99. The third kappa shape index (κ3) is 13.9. The number of rotatable bonds is 6. The molecule has 0 aliphatic carbocycles. The van der Waals surface area contributed by atoms with Crippen molar-refractivity contribution in [2.24, 2.45) is 26.6 Å². The molecule has 0 unspecified atom stereocenters. The van der Waals surface area contributed by atoms with Crippen LogP contribution in [-0.4, -0.2) is 53.1 Å². The van der Waals surface area contributed by atoms with E-state index in [4.69, 9.17) is 0 Å². The maximum absolute atomic E-state index is 12.3. The number of nitrogens with zero attached hydrogens (tertiary/aromatic N) is 4. The van der Waals surface area contributed by atoms with E-state index in [1.54, 1.807) is 11.9 Å². The summed E-state index contributed by atoms with van der Waals surface area (Å²) < 4.78 is 0. The van der Waals surface area contributed by atoms with Gasteiger partial charge < -0.3 is 10.0 Å². The fourth-order valence-electron chi connectivity index (χ4n) is 2.82. The molecule has 1 amide bonds. The molecule has 7 nitrogen and oxygen atoms in total. The van der Waals surface area contributed by atoms with Crippen LogP contribution in [0.3, 0.4) is 0 Å². The van der Waals surface area contributed by atoms with Crippen LogP contribution in [0.4, 0.5) is 0 Å². The number of azo groups is 1. The number of amides is 1. The van der Waals surface area contributed by atoms with Crippen molar-refractivity contribution in [2.75, 3.05) is 13.6 Å². The Morgan fingerprint density at radius 3 is 2.06 bits per heavy atom. The molecular weight excluding hydrogens is 416 g/mol. The lowest BCUT2D eigenvalue weighted by Gasteiger charge is -2.32. The number of hydrogen-bond donors (Lipinski definition) is 1. The number of β-amino-alcohol motifs (C(OH)–C–C–N with tert-alkyl or cyclic N) is 1. The molecule has 1 heterocycles. The number of likely N-dealkylation sites (tertiary alicyclic amines) is 1. The molecule has 1 aliphatic rings. The van der Waals surface area contributed by atoms with Gasteiger partial charge in [0.05, 0.1) is 17.8 Å². The lowest BCUT2D eigenvalue weighted by atomic mass is 9.81. The third-order valence-corrected chi connectivity index (χ3v) is 5.58. The van der Waals surface area contributed by atoms with Crippen molar-refractivity contribution in [3.63, 3.8) is 0 Å². The highest BCUT2D eigenvalue weighted by molar-refractivity contribution is 5.89. The van der Waals surface area contributed by atoms with Gasteiger partial charge in [-0.1, -0.05) is 53.7 Å². The van der Waals surface area contributed by atoms with E-state index in [9.17, 15) is 14.7 Å². The molecule has 0 aromatic carbocycles. The zero-order valence-corrected chi connectivity index (χ0v) is 22.8. The summed E-state index contributed by atoms with van der Waals surface area (Å²) in [4.78, 5) is 29.4. The van der Waals surface area contributed by atoms with Gasteiger partial charge >= 0.3 is 0 Å². The van der Waals surface area contributed by atoms with Crippen LogP contribution in [-0.2, 0) is 9.59 Å². The van der Waals surface area contributed by atoms with Gasteiger partial charge in [-0.05, 0) is 46.0 Å². The van der Waals surface area contributed by atoms with E-state index in [1.807, 2.05) is 66.8 Å². The molecule has 190 valence electrons. The first-order valence-electron chi connectivity index (χ1n) is 11.9.